The van der Waals surface area contributed by atoms with Crippen molar-refractivity contribution >= 4 is 33.4 Å². The third-order valence-electron chi connectivity index (χ3n) is 2.32. The summed E-state index contributed by atoms with van der Waals surface area (Å²) in [6, 6.07) is 5.53. The van der Waals surface area contributed by atoms with Crippen molar-refractivity contribution in [3.05, 3.63) is 27.7 Å². The third kappa shape index (κ3) is 4.96. The minimum absolute atomic E-state index is 0.262. The van der Waals surface area contributed by atoms with Gasteiger partial charge in [0.2, 0.25) is 5.91 Å². The Morgan fingerprint density at radius 2 is 2.29 bits per heavy atom. The average Bonchev–Trinajstić information content (AvgIpc) is 2.28. The molecule has 1 aromatic carbocycles. The summed E-state index contributed by atoms with van der Waals surface area (Å²) in [6.07, 6.45) is 1.11. The summed E-state index contributed by atoms with van der Waals surface area (Å²) in [6.45, 7) is 2.53. The van der Waals surface area contributed by atoms with Crippen molar-refractivity contribution in [2.45, 2.75) is 19.8 Å². The zero-order valence-corrected chi connectivity index (χ0v) is 11.9. The summed E-state index contributed by atoms with van der Waals surface area (Å²) in [5.41, 5.74) is 5.08. The van der Waals surface area contributed by atoms with E-state index >= 15 is 0 Å². The number of rotatable bonds is 6. The molecule has 94 valence electrons. The smallest absolute Gasteiger partial charge is 0.217 e. The molecule has 1 rings (SSSR count). The molecule has 2 N–H and O–H groups in total. The quantitative estimate of drug-likeness (QED) is 0.873. The Hall–Kier alpha value is -0.740. The van der Waals surface area contributed by atoms with E-state index in [2.05, 4.69) is 15.9 Å². The lowest BCUT2D eigenvalue weighted by Crippen LogP contribution is -2.15. The van der Waals surface area contributed by atoms with Crippen LogP contribution in [0.3, 0.4) is 0 Å². The molecule has 0 spiro atoms. The molecule has 17 heavy (non-hydrogen) atoms. The van der Waals surface area contributed by atoms with Crippen molar-refractivity contribution < 1.29 is 9.53 Å². The number of nitrogens with two attached hydrogens (primary N) is 1. The van der Waals surface area contributed by atoms with Crippen molar-refractivity contribution in [2.24, 2.45) is 11.7 Å². The van der Waals surface area contributed by atoms with Gasteiger partial charge in [-0.3, -0.25) is 4.79 Å². The van der Waals surface area contributed by atoms with Crippen LogP contribution >= 0.6 is 27.5 Å². The molecule has 1 atom stereocenters. The Balaban J connectivity index is 2.44. The van der Waals surface area contributed by atoms with Crippen LogP contribution in [0.5, 0.6) is 5.75 Å². The molecule has 1 aromatic rings. The normalized spacial score (nSPS) is 12.2. The van der Waals surface area contributed by atoms with Gasteiger partial charge in [-0.15, -0.1) is 0 Å². The minimum Gasteiger partial charge on any atom is -0.492 e. The van der Waals surface area contributed by atoms with Crippen LogP contribution in [0.25, 0.3) is 0 Å². The molecule has 0 saturated heterocycles. The van der Waals surface area contributed by atoms with Gasteiger partial charge in [-0.05, 0) is 40.4 Å². The topological polar surface area (TPSA) is 52.3 Å². The van der Waals surface area contributed by atoms with Gasteiger partial charge >= 0.3 is 0 Å². The van der Waals surface area contributed by atoms with E-state index in [9.17, 15) is 4.79 Å². The van der Waals surface area contributed by atoms with Gasteiger partial charge in [-0.1, -0.05) is 24.6 Å². The van der Waals surface area contributed by atoms with Crippen LogP contribution in [0.2, 0.25) is 5.02 Å². The van der Waals surface area contributed by atoms with Gasteiger partial charge in [-0.25, -0.2) is 0 Å². The zero-order chi connectivity index (χ0) is 12.8. The van der Waals surface area contributed by atoms with Crippen LogP contribution in [0.4, 0.5) is 0 Å². The fourth-order valence-electron chi connectivity index (χ4n) is 1.30. The van der Waals surface area contributed by atoms with Crippen molar-refractivity contribution in [3.8, 4) is 5.75 Å². The number of hydrogen-bond donors (Lipinski definition) is 1. The van der Waals surface area contributed by atoms with E-state index in [1.54, 1.807) is 0 Å². The van der Waals surface area contributed by atoms with Gasteiger partial charge in [-0.2, -0.15) is 0 Å². The highest BCUT2D eigenvalue weighted by Crippen LogP contribution is 2.32. The Kier molecular flexibility index (Phi) is 5.78. The minimum atomic E-state index is -0.280. The van der Waals surface area contributed by atoms with E-state index in [4.69, 9.17) is 22.1 Å². The lowest BCUT2D eigenvalue weighted by atomic mass is 10.1. The largest absolute Gasteiger partial charge is 0.492 e. The maximum absolute atomic E-state index is 10.6. The summed E-state index contributed by atoms with van der Waals surface area (Å²) in [5, 5.41) is 0.564. The number of amides is 1. The summed E-state index contributed by atoms with van der Waals surface area (Å²) < 4.78 is 6.40. The summed E-state index contributed by atoms with van der Waals surface area (Å²) >= 11 is 9.39. The molecule has 0 fully saturated rings. The number of halogens is 2. The maximum Gasteiger partial charge on any atom is 0.217 e. The second kappa shape index (κ2) is 6.87. The molecule has 0 aliphatic carbocycles. The number of ether oxygens (including phenoxy) is 1. The van der Waals surface area contributed by atoms with Crippen LogP contribution in [0, 0.1) is 5.92 Å². The van der Waals surface area contributed by atoms with Crippen molar-refractivity contribution in [1.82, 2.24) is 0 Å². The molecule has 0 aromatic heterocycles. The first kappa shape index (κ1) is 14.3. The zero-order valence-electron chi connectivity index (χ0n) is 9.58. The molecule has 0 aliphatic rings. The molecule has 0 radical (unpaired) electrons. The number of benzene rings is 1. The second-order valence-electron chi connectivity index (χ2n) is 3.97. The second-order valence-corrected chi connectivity index (χ2v) is 5.21. The van der Waals surface area contributed by atoms with Crippen LogP contribution < -0.4 is 10.5 Å². The highest BCUT2D eigenvalue weighted by Gasteiger charge is 2.08. The Labute approximate surface area is 114 Å². The van der Waals surface area contributed by atoms with E-state index in [0.717, 1.165) is 10.9 Å². The molecule has 0 unspecified atom stereocenters. The maximum atomic E-state index is 10.6. The lowest BCUT2D eigenvalue weighted by Gasteiger charge is -2.13. The predicted molar refractivity (Wildman–Crippen MR) is 72.2 cm³/mol. The van der Waals surface area contributed by atoms with Crippen LogP contribution in [-0.2, 0) is 4.79 Å². The van der Waals surface area contributed by atoms with Crippen molar-refractivity contribution in [1.29, 1.82) is 0 Å². The van der Waals surface area contributed by atoms with Crippen LogP contribution in [0.15, 0.2) is 22.7 Å². The Morgan fingerprint density at radius 1 is 1.59 bits per heavy atom. The van der Waals surface area contributed by atoms with Gasteiger partial charge in [0, 0.05) is 10.9 Å². The molecule has 0 heterocycles. The molecule has 1 amide bonds. The van der Waals surface area contributed by atoms with Crippen LogP contribution in [-0.4, -0.2) is 12.5 Å². The Bertz CT molecular complexity index is 398. The molecule has 0 aliphatic heterocycles. The molecular weight excluding hydrogens is 305 g/mol. The third-order valence-corrected chi connectivity index (χ3v) is 3.60. The first-order valence-electron chi connectivity index (χ1n) is 5.35. The van der Waals surface area contributed by atoms with E-state index < -0.39 is 0 Å². The number of carbonyl (C=O) groups excluding carboxylic acids is 1. The Morgan fingerprint density at radius 3 is 2.94 bits per heavy atom. The SMILES string of the molecule is C[C@@H](CCC(N)=O)COc1cccc(Br)c1Cl. The molecule has 5 heteroatoms. The molecule has 3 nitrogen and oxygen atoms in total. The number of carbonyl (C=O) groups is 1. The standard InChI is InChI=1S/C12H15BrClNO2/c1-8(5-6-11(15)16)7-17-10-4-2-3-9(13)12(10)14/h2-4,8H,5-7H2,1H3,(H2,15,16)/t8-/m0/s1. The van der Waals surface area contributed by atoms with Gasteiger partial charge in [0.15, 0.2) is 0 Å². The molecule has 0 saturated carbocycles. The molecule has 0 bridgehead atoms. The highest BCUT2D eigenvalue weighted by atomic mass is 79.9. The van der Waals surface area contributed by atoms with Gasteiger partial charge in [0.05, 0.1) is 11.6 Å². The van der Waals surface area contributed by atoms with E-state index in [0.29, 0.717) is 23.8 Å². The number of hydrogen-bond acceptors (Lipinski definition) is 2. The summed E-state index contributed by atoms with van der Waals surface area (Å²) in [5.74, 6) is 0.627. The van der Waals surface area contributed by atoms with Crippen molar-refractivity contribution in [2.75, 3.05) is 6.61 Å². The first-order chi connectivity index (χ1) is 8.00. The fourth-order valence-corrected chi connectivity index (χ4v) is 1.83. The summed E-state index contributed by atoms with van der Waals surface area (Å²) in [7, 11) is 0. The monoisotopic (exact) mass is 319 g/mol. The summed E-state index contributed by atoms with van der Waals surface area (Å²) in [4.78, 5) is 10.6. The lowest BCUT2D eigenvalue weighted by molar-refractivity contribution is -0.118. The van der Waals surface area contributed by atoms with E-state index in [1.165, 1.54) is 0 Å². The average molecular weight is 321 g/mol. The van der Waals surface area contributed by atoms with Gasteiger partial charge in [0.25, 0.3) is 0 Å². The first-order valence-corrected chi connectivity index (χ1v) is 6.53. The predicted octanol–water partition coefficient (Wildman–Crippen LogP) is 3.38. The number of primary amides is 1. The highest BCUT2D eigenvalue weighted by molar-refractivity contribution is 9.10. The fraction of sp³-hybridized carbons (Fsp3) is 0.417. The van der Waals surface area contributed by atoms with E-state index in [-0.39, 0.29) is 11.8 Å². The van der Waals surface area contributed by atoms with Crippen LogP contribution in [0.1, 0.15) is 19.8 Å². The van der Waals surface area contributed by atoms with Crippen molar-refractivity contribution in [3.63, 3.8) is 0 Å². The van der Waals surface area contributed by atoms with Gasteiger partial charge in [0.1, 0.15) is 5.75 Å². The molecular formula is C12H15BrClNO2. The van der Waals surface area contributed by atoms with E-state index in [1.807, 2.05) is 25.1 Å². The van der Waals surface area contributed by atoms with Gasteiger partial charge < -0.3 is 10.5 Å².